The molecule has 0 atom stereocenters. The van der Waals surface area contributed by atoms with Crippen LogP contribution in [0.15, 0.2) is 30.6 Å². The third kappa shape index (κ3) is 2.85. The number of nitrogens with zero attached hydrogens (tertiary/aromatic N) is 2. The molecule has 0 aliphatic rings. The van der Waals surface area contributed by atoms with Crippen molar-refractivity contribution in [3.8, 4) is 11.6 Å². The highest BCUT2D eigenvalue weighted by Crippen LogP contribution is 2.26. The molecular weight excluding hydrogens is 329 g/mol. The lowest BCUT2D eigenvalue weighted by Crippen LogP contribution is -1.99. The van der Waals surface area contributed by atoms with Gasteiger partial charge in [0.1, 0.15) is 17.9 Å². The molecule has 0 radical (unpaired) electrons. The third-order valence-corrected chi connectivity index (χ3v) is 2.96. The Balaban J connectivity index is 2.30. The Morgan fingerprint density at radius 2 is 2.12 bits per heavy atom. The van der Waals surface area contributed by atoms with Gasteiger partial charge in [-0.1, -0.05) is 6.07 Å². The summed E-state index contributed by atoms with van der Waals surface area (Å²) in [5.41, 5.74) is 0.897. The van der Waals surface area contributed by atoms with Crippen LogP contribution < -0.4 is 10.1 Å². The fourth-order valence-corrected chi connectivity index (χ4v) is 1.95. The number of anilines is 1. The molecule has 2 rings (SSSR count). The van der Waals surface area contributed by atoms with Gasteiger partial charge in [0.2, 0.25) is 5.88 Å². The fraction of sp³-hybridized carbons (Fsp3) is 0.167. The first-order valence-electron chi connectivity index (χ1n) is 5.13. The molecule has 0 spiro atoms. The highest BCUT2D eigenvalue weighted by molar-refractivity contribution is 14.1. The minimum atomic E-state index is 0.575. The molecule has 0 bridgehead atoms. The van der Waals surface area contributed by atoms with Gasteiger partial charge >= 0.3 is 0 Å². The molecule has 0 saturated carbocycles. The van der Waals surface area contributed by atoms with Crippen LogP contribution in [0.4, 0.5) is 5.82 Å². The molecule has 1 heterocycles. The summed E-state index contributed by atoms with van der Waals surface area (Å²) < 4.78 is 6.86. The molecule has 0 saturated heterocycles. The smallest absolute Gasteiger partial charge is 0.227 e. The van der Waals surface area contributed by atoms with Crippen molar-refractivity contribution in [2.75, 3.05) is 12.4 Å². The van der Waals surface area contributed by atoms with Crippen molar-refractivity contribution < 1.29 is 4.74 Å². The van der Waals surface area contributed by atoms with Crippen molar-refractivity contribution in [2.24, 2.45) is 0 Å². The molecule has 1 aromatic heterocycles. The third-order valence-electron chi connectivity index (χ3n) is 2.29. The Morgan fingerprint density at radius 1 is 1.29 bits per heavy atom. The first-order valence-corrected chi connectivity index (χ1v) is 6.21. The zero-order chi connectivity index (χ0) is 12.3. The van der Waals surface area contributed by atoms with Crippen LogP contribution in [0.3, 0.4) is 0 Å². The van der Waals surface area contributed by atoms with Crippen molar-refractivity contribution >= 4 is 28.4 Å². The second-order valence-corrected chi connectivity index (χ2v) is 4.71. The average molecular weight is 341 g/mol. The Morgan fingerprint density at radius 3 is 2.82 bits per heavy atom. The van der Waals surface area contributed by atoms with Crippen molar-refractivity contribution in [2.45, 2.75) is 6.92 Å². The minimum Gasteiger partial charge on any atom is -0.439 e. The summed E-state index contributed by atoms with van der Waals surface area (Å²) in [5, 5.41) is 3.00. The Bertz CT molecular complexity index is 531. The number of ether oxygens (including phenoxy) is 1. The van der Waals surface area contributed by atoms with Gasteiger partial charge in [-0.05, 0) is 47.7 Å². The summed E-state index contributed by atoms with van der Waals surface area (Å²) >= 11 is 2.25. The topological polar surface area (TPSA) is 47.0 Å². The first kappa shape index (κ1) is 12.1. The van der Waals surface area contributed by atoms with Crippen LogP contribution in [0.1, 0.15) is 5.56 Å². The Kier molecular flexibility index (Phi) is 3.78. The highest BCUT2D eigenvalue weighted by atomic mass is 127. The van der Waals surface area contributed by atoms with Crippen LogP contribution in [-0.4, -0.2) is 17.0 Å². The summed E-state index contributed by atoms with van der Waals surface area (Å²) in [5.74, 6) is 2.13. The van der Waals surface area contributed by atoms with E-state index in [0.717, 1.165) is 20.7 Å². The zero-order valence-electron chi connectivity index (χ0n) is 9.57. The summed E-state index contributed by atoms with van der Waals surface area (Å²) in [6.07, 6.45) is 1.49. The molecular formula is C12H12IN3O. The lowest BCUT2D eigenvalue weighted by molar-refractivity contribution is 0.457. The van der Waals surface area contributed by atoms with E-state index in [1.54, 1.807) is 0 Å². The number of aromatic nitrogens is 2. The monoisotopic (exact) mass is 341 g/mol. The number of hydrogen-bond acceptors (Lipinski definition) is 4. The lowest BCUT2D eigenvalue weighted by atomic mass is 10.3. The van der Waals surface area contributed by atoms with Gasteiger partial charge in [-0.2, -0.15) is 0 Å². The lowest BCUT2D eigenvalue weighted by Gasteiger charge is -2.10. The summed E-state index contributed by atoms with van der Waals surface area (Å²) in [4.78, 5) is 8.25. The van der Waals surface area contributed by atoms with Gasteiger partial charge in [-0.25, -0.2) is 9.97 Å². The largest absolute Gasteiger partial charge is 0.439 e. The van der Waals surface area contributed by atoms with Crippen LogP contribution in [0.2, 0.25) is 0 Å². The fourth-order valence-electron chi connectivity index (χ4n) is 1.43. The number of hydrogen-bond donors (Lipinski definition) is 1. The number of rotatable bonds is 3. The highest BCUT2D eigenvalue weighted by Gasteiger charge is 2.07. The van der Waals surface area contributed by atoms with E-state index in [1.807, 2.05) is 38.2 Å². The zero-order valence-corrected chi connectivity index (χ0v) is 11.7. The van der Waals surface area contributed by atoms with Gasteiger partial charge in [-0.3, -0.25) is 0 Å². The van der Waals surface area contributed by atoms with Crippen molar-refractivity contribution in [1.29, 1.82) is 0 Å². The maximum absolute atomic E-state index is 5.74. The van der Waals surface area contributed by atoms with Gasteiger partial charge < -0.3 is 10.1 Å². The predicted octanol–water partition coefficient (Wildman–Crippen LogP) is 3.22. The van der Waals surface area contributed by atoms with Crippen molar-refractivity contribution in [1.82, 2.24) is 9.97 Å². The molecule has 2 aromatic rings. The average Bonchev–Trinajstić information content (AvgIpc) is 2.32. The molecule has 0 fully saturated rings. The Hall–Kier alpha value is -1.37. The second kappa shape index (κ2) is 5.31. The van der Waals surface area contributed by atoms with Gasteiger partial charge in [-0.15, -0.1) is 0 Å². The summed E-state index contributed by atoms with van der Waals surface area (Å²) in [7, 11) is 1.82. The van der Waals surface area contributed by atoms with E-state index in [2.05, 4.69) is 37.9 Å². The van der Waals surface area contributed by atoms with E-state index in [1.165, 1.54) is 6.33 Å². The summed E-state index contributed by atoms with van der Waals surface area (Å²) in [6.45, 7) is 1.93. The minimum absolute atomic E-state index is 0.575. The molecule has 5 heteroatoms. The number of benzene rings is 1. The quantitative estimate of drug-likeness (QED) is 0.871. The van der Waals surface area contributed by atoms with Gasteiger partial charge in [0.15, 0.2) is 0 Å². The molecule has 0 aliphatic carbocycles. The van der Waals surface area contributed by atoms with Crippen molar-refractivity contribution in [3.63, 3.8) is 0 Å². The van der Waals surface area contributed by atoms with E-state index in [-0.39, 0.29) is 0 Å². The van der Waals surface area contributed by atoms with E-state index in [0.29, 0.717) is 5.88 Å². The van der Waals surface area contributed by atoms with Gasteiger partial charge in [0, 0.05) is 10.6 Å². The van der Waals surface area contributed by atoms with Crippen molar-refractivity contribution in [3.05, 3.63) is 39.7 Å². The molecule has 0 aliphatic heterocycles. The van der Waals surface area contributed by atoms with E-state index < -0.39 is 0 Å². The maximum Gasteiger partial charge on any atom is 0.227 e. The van der Waals surface area contributed by atoms with E-state index in [4.69, 9.17) is 4.74 Å². The van der Waals surface area contributed by atoms with Crippen LogP contribution in [0, 0.1) is 10.5 Å². The maximum atomic E-state index is 5.74. The molecule has 0 unspecified atom stereocenters. The predicted molar refractivity (Wildman–Crippen MR) is 75.5 cm³/mol. The normalized spacial score (nSPS) is 10.1. The first-order chi connectivity index (χ1) is 8.20. The van der Waals surface area contributed by atoms with Gasteiger partial charge in [0.25, 0.3) is 0 Å². The van der Waals surface area contributed by atoms with Gasteiger partial charge in [0.05, 0.1) is 5.56 Å². The number of halogens is 1. The van der Waals surface area contributed by atoms with E-state index in [9.17, 15) is 0 Å². The second-order valence-electron chi connectivity index (χ2n) is 3.46. The van der Waals surface area contributed by atoms with Crippen LogP contribution >= 0.6 is 22.6 Å². The van der Waals surface area contributed by atoms with Crippen LogP contribution in [-0.2, 0) is 0 Å². The number of nitrogens with one attached hydrogen (secondary N) is 1. The molecule has 88 valence electrons. The molecule has 1 N–H and O–H groups in total. The van der Waals surface area contributed by atoms with Crippen LogP contribution in [0.25, 0.3) is 0 Å². The Labute approximate surface area is 114 Å². The molecule has 0 amide bonds. The standard InChI is InChI=1S/C12H12IN3O/c1-8-11(14-2)15-7-16-12(8)17-10-5-3-4-9(13)6-10/h3-7H,1-2H3,(H,14,15,16). The molecule has 17 heavy (non-hydrogen) atoms. The molecule has 1 aromatic carbocycles. The SMILES string of the molecule is CNc1ncnc(Oc2cccc(I)c2)c1C. The van der Waals surface area contributed by atoms with E-state index >= 15 is 0 Å². The summed E-state index contributed by atoms with van der Waals surface area (Å²) in [6, 6.07) is 7.83. The van der Waals surface area contributed by atoms with Crippen LogP contribution in [0.5, 0.6) is 11.6 Å². The molecule has 4 nitrogen and oxygen atoms in total.